The van der Waals surface area contributed by atoms with Gasteiger partial charge in [-0.25, -0.2) is 18.0 Å². The molecule has 0 saturated heterocycles. The summed E-state index contributed by atoms with van der Waals surface area (Å²) in [5.41, 5.74) is 0.821. The van der Waals surface area contributed by atoms with Crippen LogP contribution in [0, 0.1) is 17.5 Å². The van der Waals surface area contributed by atoms with Crippen LogP contribution in [0.1, 0.15) is 17.5 Å². The number of halogens is 3. The average Bonchev–Trinajstić information content (AvgIpc) is 2.60. The second kappa shape index (κ2) is 8.76. The van der Waals surface area contributed by atoms with E-state index in [9.17, 15) is 18.0 Å². The molecule has 0 saturated carbocycles. The minimum atomic E-state index is -1.50. The Morgan fingerprint density at radius 2 is 1.79 bits per heavy atom. The Morgan fingerprint density at radius 1 is 1.04 bits per heavy atom. The third-order valence-electron chi connectivity index (χ3n) is 3.16. The van der Waals surface area contributed by atoms with Crippen molar-refractivity contribution < 1.29 is 22.7 Å². The van der Waals surface area contributed by atoms with E-state index in [1.165, 1.54) is 6.08 Å². The van der Waals surface area contributed by atoms with Crippen LogP contribution < -0.4 is 5.32 Å². The number of amides is 1. The number of alkyl carbamates (subject to hydrolysis) is 1. The van der Waals surface area contributed by atoms with Gasteiger partial charge in [-0.2, -0.15) is 0 Å². The van der Waals surface area contributed by atoms with Crippen LogP contribution in [0.15, 0.2) is 48.5 Å². The van der Waals surface area contributed by atoms with Gasteiger partial charge in [0, 0.05) is 12.1 Å². The molecule has 6 heteroatoms. The molecule has 0 atom stereocenters. The summed E-state index contributed by atoms with van der Waals surface area (Å²) in [4.78, 5) is 11.5. The normalized spacial score (nSPS) is 10.8. The molecule has 0 heterocycles. The van der Waals surface area contributed by atoms with Crippen LogP contribution in [0.4, 0.5) is 18.0 Å². The lowest BCUT2D eigenvalue weighted by Crippen LogP contribution is -2.24. The molecular weight excluding hydrogens is 319 g/mol. The second-order valence-electron chi connectivity index (χ2n) is 4.94. The van der Waals surface area contributed by atoms with E-state index in [0.29, 0.717) is 6.42 Å². The fourth-order valence-electron chi connectivity index (χ4n) is 1.91. The molecule has 2 rings (SSSR count). The lowest BCUT2D eigenvalue weighted by atomic mass is 10.1. The maximum atomic E-state index is 13.4. The van der Waals surface area contributed by atoms with Crippen LogP contribution in [0.2, 0.25) is 0 Å². The SMILES string of the molecule is O=C(NCCC=Cc1ccc(F)c(F)c1F)OCc1ccccc1. The Hall–Kier alpha value is -2.76. The van der Waals surface area contributed by atoms with Crippen molar-refractivity contribution in [1.82, 2.24) is 5.32 Å². The summed E-state index contributed by atoms with van der Waals surface area (Å²) in [5, 5.41) is 2.53. The summed E-state index contributed by atoms with van der Waals surface area (Å²) in [7, 11) is 0. The smallest absolute Gasteiger partial charge is 0.407 e. The maximum Gasteiger partial charge on any atom is 0.407 e. The Kier molecular flexibility index (Phi) is 6.42. The third kappa shape index (κ3) is 5.15. The van der Waals surface area contributed by atoms with E-state index in [0.717, 1.165) is 17.7 Å². The fourth-order valence-corrected chi connectivity index (χ4v) is 1.91. The fraction of sp³-hybridized carbons (Fsp3) is 0.167. The molecule has 0 aliphatic heterocycles. The molecule has 0 bridgehead atoms. The summed E-state index contributed by atoms with van der Waals surface area (Å²) >= 11 is 0. The highest BCUT2D eigenvalue weighted by atomic mass is 19.2. The first kappa shape index (κ1) is 17.6. The van der Waals surface area contributed by atoms with Crippen LogP contribution in [0.3, 0.4) is 0 Å². The molecule has 1 amide bonds. The summed E-state index contributed by atoms with van der Waals surface area (Å²) in [6.07, 6.45) is 2.70. The van der Waals surface area contributed by atoms with Crippen molar-refractivity contribution in [1.29, 1.82) is 0 Å². The second-order valence-corrected chi connectivity index (χ2v) is 4.94. The number of rotatable bonds is 6. The highest BCUT2D eigenvalue weighted by Gasteiger charge is 2.10. The van der Waals surface area contributed by atoms with Crippen LogP contribution >= 0.6 is 0 Å². The first-order chi connectivity index (χ1) is 11.6. The summed E-state index contributed by atoms with van der Waals surface area (Å²) < 4.78 is 44.2. The van der Waals surface area contributed by atoms with Crippen LogP contribution in [-0.2, 0) is 11.3 Å². The van der Waals surface area contributed by atoms with Gasteiger partial charge in [0.15, 0.2) is 17.5 Å². The van der Waals surface area contributed by atoms with Crippen molar-refractivity contribution in [2.24, 2.45) is 0 Å². The zero-order chi connectivity index (χ0) is 17.4. The van der Waals surface area contributed by atoms with Gasteiger partial charge in [0.2, 0.25) is 0 Å². The zero-order valence-corrected chi connectivity index (χ0v) is 12.8. The van der Waals surface area contributed by atoms with Gasteiger partial charge in [-0.1, -0.05) is 42.5 Å². The first-order valence-corrected chi connectivity index (χ1v) is 7.32. The summed E-state index contributed by atoms with van der Waals surface area (Å²) in [5.74, 6) is -3.96. The minimum Gasteiger partial charge on any atom is -0.445 e. The Labute approximate surface area is 137 Å². The predicted octanol–water partition coefficient (Wildman–Crippen LogP) is 4.43. The summed E-state index contributed by atoms with van der Waals surface area (Å²) in [6.45, 7) is 0.442. The van der Waals surface area contributed by atoms with E-state index in [1.54, 1.807) is 6.08 Å². The molecule has 0 unspecified atom stereocenters. The zero-order valence-electron chi connectivity index (χ0n) is 12.8. The molecule has 0 radical (unpaired) electrons. The molecule has 0 aliphatic rings. The highest BCUT2D eigenvalue weighted by molar-refractivity contribution is 5.67. The van der Waals surface area contributed by atoms with E-state index in [1.807, 2.05) is 30.3 Å². The van der Waals surface area contributed by atoms with Crippen molar-refractivity contribution in [2.75, 3.05) is 6.54 Å². The molecule has 0 aromatic heterocycles. The van der Waals surface area contributed by atoms with Gasteiger partial charge in [0.1, 0.15) is 6.61 Å². The van der Waals surface area contributed by atoms with Gasteiger partial charge < -0.3 is 10.1 Å². The molecule has 0 spiro atoms. The molecule has 0 aliphatic carbocycles. The number of carbonyl (C=O) groups is 1. The molecule has 3 nitrogen and oxygen atoms in total. The number of nitrogens with one attached hydrogen (secondary N) is 1. The van der Waals surface area contributed by atoms with Crippen LogP contribution in [0.25, 0.3) is 6.08 Å². The van der Waals surface area contributed by atoms with E-state index in [4.69, 9.17) is 4.74 Å². The number of hydrogen-bond acceptors (Lipinski definition) is 2. The van der Waals surface area contributed by atoms with Gasteiger partial charge in [-0.15, -0.1) is 0 Å². The molecular formula is C18H16F3NO2. The van der Waals surface area contributed by atoms with Gasteiger partial charge >= 0.3 is 6.09 Å². The largest absolute Gasteiger partial charge is 0.445 e. The number of ether oxygens (including phenoxy) is 1. The monoisotopic (exact) mass is 335 g/mol. The predicted molar refractivity (Wildman–Crippen MR) is 84.6 cm³/mol. The van der Waals surface area contributed by atoms with Crippen molar-refractivity contribution in [3.63, 3.8) is 0 Å². The molecule has 126 valence electrons. The standard InChI is InChI=1S/C18H16F3NO2/c19-15-10-9-14(16(20)17(15)21)8-4-5-11-22-18(23)24-12-13-6-2-1-3-7-13/h1-4,6-10H,5,11-12H2,(H,22,23). The Morgan fingerprint density at radius 3 is 2.54 bits per heavy atom. The topological polar surface area (TPSA) is 38.3 Å². The van der Waals surface area contributed by atoms with Crippen molar-refractivity contribution in [3.05, 3.63) is 77.1 Å². The van der Waals surface area contributed by atoms with E-state index in [2.05, 4.69) is 5.32 Å². The molecule has 1 N–H and O–H groups in total. The Balaban J connectivity index is 1.71. The average molecular weight is 335 g/mol. The van der Waals surface area contributed by atoms with Crippen molar-refractivity contribution >= 4 is 12.2 Å². The summed E-state index contributed by atoms with van der Waals surface area (Å²) in [6, 6.07) is 11.2. The lowest BCUT2D eigenvalue weighted by Gasteiger charge is -2.06. The number of benzene rings is 2. The highest BCUT2D eigenvalue weighted by Crippen LogP contribution is 2.16. The van der Waals surface area contributed by atoms with Crippen molar-refractivity contribution in [2.45, 2.75) is 13.0 Å². The van der Waals surface area contributed by atoms with Gasteiger partial charge in [0.25, 0.3) is 0 Å². The van der Waals surface area contributed by atoms with Crippen molar-refractivity contribution in [3.8, 4) is 0 Å². The first-order valence-electron chi connectivity index (χ1n) is 7.32. The van der Waals surface area contributed by atoms with E-state index >= 15 is 0 Å². The van der Waals surface area contributed by atoms with E-state index < -0.39 is 23.5 Å². The molecule has 2 aromatic carbocycles. The number of hydrogen-bond donors (Lipinski definition) is 1. The maximum absolute atomic E-state index is 13.4. The van der Waals surface area contributed by atoms with Crippen LogP contribution in [0.5, 0.6) is 0 Å². The van der Waals surface area contributed by atoms with Gasteiger partial charge in [-0.05, 0) is 24.1 Å². The van der Waals surface area contributed by atoms with Gasteiger partial charge in [0.05, 0.1) is 0 Å². The number of carbonyl (C=O) groups excluding carboxylic acids is 1. The molecule has 2 aromatic rings. The lowest BCUT2D eigenvalue weighted by molar-refractivity contribution is 0.140. The Bertz CT molecular complexity index is 718. The third-order valence-corrected chi connectivity index (χ3v) is 3.16. The molecule has 24 heavy (non-hydrogen) atoms. The molecule has 0 fully saturated rings. The van der Waals surface area contributed by atoms with E-state index in [-0.39, 0.29) is 18.7 Å². The quantitative estimate of drug-likeness (QED) is 0.626. The minimum absolute atomic E-state index is 0.0550. The van der Waals surface area contributed by atoms with Crippen LogP contribution in [-0.4, -0.2) is 12.6 Å². The van der Waals surface area contributed by atoms with Gasteiger partial charge in [-0.3, -0.25) is 0 Å².